The average molecular weight is 467 g/mol. The maximum absolute atomic E-state index is 13.6. The maximum atomic E-state index is 13.6. The number of hydrogen-bond acceptors (Lipinski definition) is 3. The first kappa shape index (κ1) is 23.0. The Kier molecular flexibility index (Phi) is 5.64. The molecule has 0 saturated carbocycles. The summed E-state index contributed by atoms with van der Waals surface area (Å²) in [6.45, 7) is 5.08. The molecule has 0 bridgehead atoms. The van der Waals surface area contributed by atoms with Gasteiger partial charge in [0.05, 0.1) is 16.9 Å². The second-order valence-electron chi connectivity index (χ2n) is 7.97. The van der Waals surface area contributed by atoms with Crippen molar-refractivity contribution in [3.63, 3.8) is 0 Å². The highest BCUT2D eigenvalue weighted by Gasteiger charge is 2.37. The number of alkyl halides is 3. The van der Waals surface area contributed by atoms with Crippen LogP contribution in [0.2, 0.25) is 0 Å². The van der Waals surface area contributed by atoms with E-state index in [1.807, 2.05) is 6.92 Å². The molecular formula is C25H20F3N3O3. The Morgan fingerprint density at radius 2 is 1.56 bits per heavy atom. The van der Waals surface area contributed by atoms with Gasteiger partial charge < -0.3 is 4.57 Å². The summed E-state index contributed by atoms with van der Waals surface area (Å²) in [5, 5.41) is 2.15. The number of carbonyl (C=O) groups is 3. The van der Waals surface area contributed by atoms with E-state index in [2.05, 4.69) is 5.32 Å². The highest BCUT2D eigenvalue weighted by atomic mass is 19.4. The second-order valence-corrected chi connectivity index (χ2v) is 7.97. The molecule has 174 valence electrons. The van der Waals surface area contributed by atoms with Gasteiger partial charge in [-0.2, -0.15) is 13.2 Å². The predicted octanol–water partition coefficient (Wildman–Crippen LogP) is 5.09. The molecule has 0 spiro atoms. The van der Waals surface area contributed by atoms with Gasteiger partial charge in [0, 0.05) is 11.4 Å². The third-order valence-corrected chi connectivity index (χ3v) is 5.61. The Morgan fingerprint density at radius 1 is 0.912 bits per heavy atom. The number of hydrogen-bond donors (Lipinski definition) is 1. The number of amides is 4. The first-order valence-corrected chi connectivity index (χ1v) is 10.3. The predicted molar refractivity (Wildman–Crippen MR) is 120 cm³/mol. The van der Waals surface area contributed by atoms with E-state index in [4.69, 9.17) is 0 Å². The average Bonchev–Trinajstić information content (AvgIpc) is 3.04. The fraction of sp³-hybridized carbons (Fsp3) is 0.160. The van der Waals surface area contributed by atoms with Gasteiger partial charge >= 0.3 is 12.2 Å². The lowest BCUT2D eigenvalue weighted by Crippen LogP contribution is -2.54. The number of urea groups is 1. The van der Waals surface area contributed by atoms with Gasteiger partial charge in [-0.05, 0) is 62.7 Å². The molecule has 34 heavy (non-hydrogen) atoms. The fourth-order valence-electron chi connectivity index (χ4n) is 3.95. The molecule has 9 heteroatoms. The summed E-state index contributed by atoms with van der Waals surface area (Å²) in [4.78, 5) is 38.8. The number of aryl methyl sites for hydroxylation is 2. The number of imide groups is 2. The van der Waals surface area contributed by atoms with Crippen molar-refractivity contribution in [2.45, 2.75) is 26.9 Å². The number of halogens is 3. The Hall–Kier alpha value is -4.14. The quantitative estimate of drug-likeness (QED) is 0.431. The molecule has 4 amide bonds. The van der Waals surface area contributed by atoms with Crippen molar-refractivity contribution in [2.75, 3.05) is 4.90 Å². The Morgan fingerprint density at radius 3 is 2.21 bits per heavy atom. The topological polar surface area (TPSA) is 71.4 Å². The van der Waals surface area contributed by atoms with E-state index in [0.29, 0.717) is 17.0 Å². The van der Waals surface area contributed by atoms with Crippen LogP contribution in [0.3, 0.4) is 0 Å². The zero-order valence-corrected chi connectivity index (χ0v) is 18.5. The van der Waals surface area contributed by atoms with Crippen molar-refractivity contribution in [2.24, 2.45) is 0 Å². The lowest BCUT2D eigenvalue weighted by Gasteiger charge is -2.26. The largest absolute Gasteiger partial charge is 0.418 e. The Labute approximate surface area is 193 Å². The minimum atomic E-state index is -4.56. The molecule has 2 heterocycles. The summed E-state index contributed by atoms with van der Waals surface area (Å²) in [5.74, 6) is -1.70. The molecule has 0 radical (unpaired) electrons. The molecule has 6 nitrogen and oxygen atoms in total. The van der Waals surface area contributed by atoms with Crippen LogP contribution in [0.15, 0.2) is 60.2 Å². The third-order valence-electron chi connectivity index (χ3n) is 5.61. The summed E-state index contributed by atoms with van der Waals surface area (Å²) in [5.41, 5.74) is 1.31. The van der Waals surface area contributed by atoms with Gasteiger partial charge in [-0.1, -0.05) is 29.8 Å². The van der Waals surface area contributed by atoms with Crippen LogP contribution in [-0.4, -0.2) is 22.4 Å². The van der Waals surface area contributed by atoms with Crippen molar-refractivity contribution >= 4 is 29.6 Å². The van der Waals surface area contributed by atoms with Gasteiger partial charge in [-0.3, -0.25) is 14.9 Å². The van der Waals surface area contributed by atoms with Crippen LogP contribution in [0.5, 0.6) is 0 Å². The summed E-state index contributed by atoms with van der Waals surface area (Å²) in [7, 11) is 0. The Bertz CT molecular complexity index is 1350. The second kappa shape index (κ2) is 8.33. The van der Waals surface area contributed by atoms with Crippen LogP contribution in [0.1, 0.15) is 28.1 Å². The molecular weight excluding hydrogens is 447 g/mol. The summed E-state index contributed by atoms with van der Waals surface area (Å²) in [6.07, 6.45) is -3.27. The zero-order chi connectivity index (χ0) is 24.8. The van der Waals surface area contributed by atoms with E-state index in [1.165, 1.54) is 28.8 Å². The van der Waals surface area contributed by atoms with E-state index in [-0.39, 0.29) is 16.9 Å². The minimum Gasteiger partial charge on any atom is -0.317 e. The number of rotatable bonds is 3. The van der Waals surface area contributed by atoms with Gasteiger partial charge in [0.25, 0.3) is 11.8 Å². The molecule has 1 aliphatic rings. The number of barbiturate groups is 1. The SMILES string of the molecule is Cc1ccc(N2C(=O)NC(=O)/C(=C\c3cc(C)n(-c4ccccc4C(F)(F)F)c3C)C2=O)cc1. The zero-order valence-electron chi connectivity index (χ0n) is 18.5. The molecule has 1 fully saturated rings. The third kappa shape index (κ3) is 4.00. The fourth-order valence-corrected chi connectivity index (χ4v) is 3.95. The van der Waals surface area contributed by atoms with E-state index in [9.17, 15) is 27.6 Å². The number of nitrogens with zero attached hydrogens (tertiary/aromatic N) is 2. The smallest absolute Gasteiger partial charge is 0.317 e. The summed E-state index contributed by atoms with van der Waals surface area (Å²) >= 11 is 0. The van der Waals surface area contributed by atoms with Crippen molar-refractivity contribution in [1.29, 1.82) is 0 Å². The molecule has 1 N–H and O–H groups in total. The van der Waals surface area contributed by atoms with Gasteiger partial charge in [0.2, 0.25) is 0 Å². The van der Waals surface area contributed by atoms with Crippen LogP contribution in [-0.2, 0) is 15.8 Å². The lowest BCUT2D eigenvalue weighted by atomic mass is 10.1. The van der Waals surface area contributed by atoms with Gasteiger partial charge in [-0.15, -0.1) is 0 Å². The van der Waals surface area contributed by atoms with E-state index < -0.39 is 29.6 Å². The van der Waals surface area contributed by atoms with Crippen LogP contribution in [0.25, 0.3) is 11.8 Å². The highest BCUT2D eigenvalue weighted by molar-refractivity contribution is 6.39. The number of carbonyl (C=O) groups excluding carboxylic acids is 3. The van der Waals surface area contributed by atoms with Crippen molar-refractivity contribution in [1.82, 2.24) is 9.88 Å². The Balaban J connectivity index is 1.80. The molecule has 1 aliphatic heterocycles. The number of aromatic nitrogens is 1. The van der Waals surface area contributed by atoms with Gasteiger partial charge in [-0.25, -0.2) is 9.69 Å². The monoisotopic (exact) mass is 467 g/mol. The standard InChI is InChI=1S/C25H20F3N3O3/c1-14-8-10-18(11-9-14)31-23(33)19(22(32)29-24(31)34)13-17-12-15(2)30(16(17)3)21-7-5-4-6-20(21)25(26,27)28/h4-13H,1-3H3,(H,29,32,34)/b19-13+. The lowest BCUT2D eigenvalue weighted by molar-refractivity contribution is -0.137. The summed E-state index contributed by atoms with van der Waals surface area (Å²) in [6, 6.07) is 12.5. The van der Waals surface area contributed by atoms with Gasteiger partial charge in [0.1, 0.15) is 5.57 Å². The molecule has 0 aliphatic carbocycles. The molecule has 0 atom stereocenters. The molecule has 3 aromatic rings. The van der Waals surface area contributed by atoms with Crippen molar-refractivity contribution in [3.8, 4) is 5.69 Å². The van der Waals surface area contributed by atoms with Gasteiger partial charge in [0.15, 0.2) is 0 Å². The normalized spacial score (nSPS) is 15.8. The van der Waals surface area contributed by atoms with Crippen LogP contribution >= 0.6 is 0 Å². The number of nitrogens with one attached hydrogen (secondary N) is 1. The first-order valence-electron chi connectivity index (χ1n) is 10.3. The molecule has 2 aromatic carbocycles. The molecule has 1 aromatic heterocycles. The maximum Gasteiger partial charge on any atom is 0.418 e. The van der Waals surface area contributed by atoms with E-state index >= 15 is 0 Å². The highest BCUT2D eigenvalue weighted by Crippen LogP contribution is 2.36. The number of benzene rings is 2. The van der Waals surface area contributed by atoms with Crippen LogP contribution in [0.4, 0.5) is 23.7 Å². The molecule has 1 saturated heterocycles. The first-order chi connectivity index (χ1) is 16.0. The van der Waals surface area contributed by atoms with E-state index in [0.717, 1.165) is 16.5 Å². The number of para-hydroxylation sites is 1. The van der Waals surface area contributed by atoms with Crippen LogP contribution < -0.4 is 10.2 Å². The van der Waals surface area contributed by atoms with E-state index in [1.54, 1.807) is 44.2 Å². The van der Waals surface area contributed by atoms with Crippen LogP contribution in [0, 0.1) is 20.8 Å². The molecule has 4 rings (SSSR count). The number of anilines is 1. The summed E-state index contributed by atoms with van der Waals surface area (Å²) < 4.78 is 42.2. The minimum absolute atomic E-state index is 0.0643. The van der Waals surface area contributed by atoms with Crippen molar-refractivity contribution < 1.29 is 27.6 Å². The molecule has 0 unspecified atom stereocenters. The van der Waals surface area contributed by atoms with Crippen molar-refractivity contribution in [3.05, 3.63) is 88.2 Å².